The van der Waals surface area contributed by atoms with Crippen LogP contribution in [-0.4, -0.2) is 18.8 Å². The molecule has 0 saturated carbocycles. The first-order chi connectivity index (χ1) is 10.1. The lowest BCUT2D eigenvalue weighted by molar-refractivity contribution is 0.191. The van der Waals surface area contributed by atoms with E-state index < -0.39 is 6.10 Å². The topological polar surface area (TPSA) is 38.7 Å². The molecule has 2 aromatic carbocycles. The van der Waals surface area contributed by atoms with E-state index in [-0.39, 0.29) is 0 Å². The molecule has 0 bridgehead atoms. The minimum atomic E-state index is -0.547. The Morgan fingerprint density at radius 3 is 2.48 bits per heavy atom. The summed E-state index contributed by atoms with van der Waals surface area (Å²) in [6.45, 7) is 2.29. The van der Waals surface area contributed by atoms with E-state index in [0.717, 1.165) is 22.2 Å². The van der Waals surface area contributed by atoms with Crippen LogP contribution in [0.15, 0.2) is 46.9 Å². The minimum Gasteiger partial charge on any atom is -0.497 e. The molecule has 2 rings (SSSR count). The van der Waals surface area contributed by atoms with Gasteiger partial charge in [0, 0.05) is 16.5 Å². The largest absolute Gasteiger partial charge is 0.497 e. The second kappa shape index (κ2) is 7.48. The van der Waals surface area contributed by atoms with Crippen LogP contribution in [0.1, 0.15) is 24.2 Å². The van der Waals surface area contributed by atoms with Crippen LogP contribution in [0.5, 0.6) is 11.5 Å². The number of hydrogen-bond acceptors (Lipinski definition) is 3. The average Bonchev–Trinajstić information content (AvgIpc) is 2.48. The molecular weight excluding hydrogens is 332 g/mol. The smallest absolute Gasteiger partial charge is 0.126 e. The Labute approximate surface area is 133 Å². The van der Waals surface area contributed by atoms with Gasteiger partial charge >= 0.3 is 0 Å². The Morgan fingerprint density at radius 1 is 1.14 bits per heavy atom. The fraction of sp³-hybridized carbons (Fsp3) is 0.294. The molecule has 0 spiro atoms. The van der Waals surface area contributed by atoms with Gasteiger partial charge in [0.25, 0.3) is 0 Å². The molecule has 3 nitrogen and oxygen atoms in total. The molecule has 4 heteroatoms. The highest BCUT2D eigenvalue weighted by atomic mass is 79.9. The zero-order valence-electron chi connectivity index (χ0n) is 12.2. The first-order valence-corrected chi connectivity index (χ1v) is 7.62. The van der Waals surface area contributed by atoms with Crippen LogP contribution in [0.4, 0.5) is 0 Å². The quantitative estimate of drug-likeness (QED) is 0.850. The first-order valence-electron chi connectivity index (χ1n) is 6.83. The Morgan fingerprint density at radius 2 is 1.86 bits per heavy atom. The monoisotopic (exact) mass is 350 g/mol. The third kappa shape index (κ3) is 4.48. The molecule has 1 N–H and O–H groups in total. The van der Waals surface area contributed by atoms with Gasteiger partial charge in [0.15, 0.2) is 0 Å². The second-order valence-electron chi connectivity index (χ2n) is 4.80. The Hall–Kier alpha value is -1.52. The van der Waals surface area contributed by atoms with Crippen LogP contribution in [0.2, 0.25) is 0 Å². The second-order valence-corrected chi connectivity index (χ2v) is 5.72. The van der Waals surface area contributed by atoms with Gasteiger partial charge < -0.3 is 14.6 Å². The molecule has 0 aliphatic heterocycles. The summed E-state index contributed by atoms with van der Waals surface area (Å²) in [6, 6.07) is 13.6. The molecule has 0 aromatic heterocycles. The molecule has 1 unspecified atom stereocenters. The predicted molar refractivity (Wildman–Crippen MR) is 87.0 cm³/mol. The molecular formula is C17H19BrO3. The normalized spacial score (nSPS) is 12.0. The summed E-state index contributed by atoms with van der Waals surface area (Å²) >= 11 is 3.42. The van der Waals surface area contributed by atoms with Crippen molar-refractivity contribution in [2.75, 3.05) is 13.7 Å². The van der Waals surface area contributed by atoms with Gasteiger partial charge in [0.05, 0.1) is 19.8 Å². The molecule has 1 atom stereocenters. The van der Waals surface area contributed by atoms with Crippen molar-refractivity contribution in [2.45, 2.75) is 19.4 Å². The lowest BCUT2D eigenvalue weighted by Crippen LogP contribution is -2.05. The van der Waals surface area contributed by atoms with Gasteiger partial charge in [-0.2, -0.15) is 0 Å². The Balaban J connectivity index is 1.97. The predicted octanol–water partition coefficient (Wildman–Crippen LogP) is 4.13. The van der Waals surface area contributed by atoms with Gasteiger partial charge in [-0.15, -0.1) is 0 Å². The van der Waals surface area contributed by atoms with Gasteiger partial charge in [-0.1, -0.05) is 34.1 Å². The van der Waals surface area contributed by atoms with E-state index in [9.17, 15) is 5.11 Å². The van der Waals surface area contributed by atoms with Gasteiger partial charge in [-0.05, 0) is 36.8 Å². The van der Waals surface area contributed by atoms with Crippen molar-refractivity contribution in [1.29, 1.82) is 0 Å². The molecule has 112 valence electrons. The summed E-state index contributed by atoms with van der Waals surface area (Å²) in [7, 11) is 1.66. The van der Waals surface area contributed by atoms with Crippen molar-refractivity contribution in [3.63, 3.8) is 0 Å². The van der Waals surface area contributed by atoms with Gasteiger partial charge in [0.2, 0.25) is 0 Å². The number of aliphatic hydroxyl groups excluding tert-OH is 1. The molecule has 2 aromatic rings. The van der Waals surface area contributed by atoms with Crippen molar-refractivity contribution >= 4 is 15.9 Å². The number of rotatable bonds is 6. The van der Waals surface area contributed by atoms with Crippen molar-refractivity contribution in [3.05, 3.63) is 58.1 Å². The van der Waals surface area contributed by atoms with Crippen LogP contribution < -0.4 is 9.47 Å². The van der Waals surface area contributed by atoms with Crippen LogP contribution in [0, 0.1) is 0 Å². The van der Waals surface area contributed by atoms with Gasteiger partial charge in [-0.25, -0.2) is 0 Å². The summed E-state index contributed by atoms with van der Waals surface area (Å²) in [4.78, 5) is 0. The maximum atomic E-state index is 9.76. The van der Waals surface area contributed by atoms with Crippen LogP contribution in [0.25, 0.3) is 0 Å². The van der Waals surface area contributed by atoms with E-state index in [1.54, 1.807) is 14.0 Å². The summed E-state index contributed by atoms with van der Waals surface area (Å²) < 4.78 is 11.9. The highest BCUT2D eigenvalue weighted by Gasteiger charge is 2.09. The Bertz CT molecular complexity index is 579. The molecule has 0 aliphatic rings. The molecule has 0 amide bonds. The summed E-state index contributed by atoms with van der Waals surface area (Å²) in [6.07, 6.45) is 0.254. The van der Waals surface area contributed by atoms with Crippen LogP contribution in [0.3, 0.4) is 0 Å². The number of methoxy groups -OCH3 is 1. The molecule has 0 heterocycles. The van der Waals surface area contributed by atoms with Crippen molar-refractivity contribution in [1.82, 2.24) is 0 Å². The molecule has 0 saturated heterocycles. The third-order valence-corrected chi connectivity index (χ3v) is 3.73. The molecule has 21 heavy (non-hydrogen) atoms. The maximum Gasteiger partial charge on any atom is 0.126 e. The molecule has 0 radical (unpaired) electrons. The van der Waals surface area contributed by atoms with Crippen LogP contribution >= 0.6 is 15.9 Å². The van der Waals surface area contributed by atoms with Crippen molar-refractivity contribution in [2.24, 2.45) is 0 Å². The van der Waals surface area contributed by atoms with E-state index in [1.807, 2.05) is 42.5 Å². The zero-order valence-corrected chi connectivity index (χ0v) is 13.8. The first kappa shape index (κ1) is 15.9. The fourth-order valence-electron chi connectivity index (χ4n) is 2.05. The van der Waals surface area contributed by atoms with Gasteiger partial charge in [0.1, 0.15) is 11.5 Å². The van der Waals surface area contributed by atoms with Crippen LogP contribution in [-0.2, 0) is 6.42 Å². The lowest BCUT2D eigenvalue weighted by Gasteiger charge is -2.14. The number of hydrogen-bond donors (Lipinski definition) is 1. The minimum absolute atomic E-state index is 0.547. The van der Waals surface area contributed by atoms with E-state index in [4.69, 9.17) is 9.47 Å². The summed E-state index contributed by atoms with van der Waals surface area (Å²) in [5.74, 6) is 1.57. The summed E-state index contributed by atoms with van der Waals surface area (Å²) in [5.41, 5.74) is 1.98. The number of benzene rings is 2. The number of aliphatic hydroxyl groups is 1. The van der Waals surface area contributed by atoms with E-state index >= 15 is 0 Å². The highest BCUT2D eigenvalue weighted by molar-refractivity contribution is 9.10. The summed E-state index contributed by atoms with van der Waals surface area (Å²) in [5, 5.41) is 9.76. The van der Waals surface area contributed by atoms with E-state index in [2.05, 4.69) is 15.9 Å². The standard InChI is InChI=1S/C17H19BrO3/c1-12(19)16-8-5-14(18)11-17(16)21-10-9-13-3-6-15(20-2)7-4-13/h3-8,11-12,19H,9-10H2,1-2H3. The number of halogens is 1. The SMILES string of the molecule is COc1ccc(CCOc2cc(Br)ccc2C(C)O)cc1. The zero-order chi connectivity index (χ0) is 15.2. The Kier molecular flexibility index (Phi) is 5.65. The fourth-order valence-corrected chi connectivity index (χ4v) is 2.39. The van der Waals surface area contributed by atoms with Gasteiger partial charge in [-0.3, -0.25) is 0 Å². The van der Waals surface area contributed by atoms with Crippen molar-refractivity contribution < 1.29 is 14.6 Å². The molecule has 0 aliphatic carbocycles. The van der Waals surface area contributed by atoms with E-state index in [1.165, 1.54) is 5.56 Å². The average molecular weight is 351 g/mol. The van der Waals surface area contributed by atoms with E-state index in [0.29, 0.717) is 12.4 Å². The highest BCUT2D eigenvalue weighted by Crippen LogP contribution is 2.28. The third-order valence-electron chi connectivity index (χ3n) is 3.23. The maximum absolute atomic E-state index is 9.76. The number of ether oxygens (including phenoxy) is 2. The molecule has 0 fully saturated rings. The lowest BCUT2D eigenvalue weighted by atomic mass is 10.1. The van der Waals surface area contributed by atoms with Crippen molar-refractivity contribution in [3.8, 4) is 11.5 Å².